The molecule has 5 rings (SSSR count). The van der Waals surface area contributed by atoms with Gasteiger partial charge in [-0.3, -0.25) is 4.68 Å². The van der Waals surface area contributed by atoms with Gasteiger partial charge in [0.05, 0.1) is 45.3 Å². The van der Waals surface area contributed by atoms with Crippen LogP contribution in [0.2, 0.25) is 0 Å². The Morgan fingerprint density at radius 1 is 1.00 bits per heavy atom. The highest BCUT2D eigenvalue weighted by Crippen LogP contribution is 2.32. The van der Waals surface area contributed by atoms with E-state index in [0.717, 1.165) is 0 Å². The van der Waals surface area contributed by atoms with E-state index >= 15 is 4.39 Å². The maximum atomic E-state index is 15.1. The number of aromatic nitrogens is 6. The minimum absolute atomic E-state index is 0.201. The number of carbonyl (C=O) groups is 1. The van der Waals surface area contributed by atoms with Crippen LogP contribution >= 0.6 is 0 Å². The Labute approximate surface area is 211 Å². The number of nitrogens with zero attached hydrogens (tertiary/aromatic N) is 6. The summed E-state index contributed by atoms with van der Waals surface area (Å²) >= 11 is 0. The first kappa shape index (κ1) is 23.9. The fourth-order valence-electron chi connectivity index (χ4n) is 3.99. The van der Waals surface area contributed by atoms with Gasteiger partial charge in [0.15, 0.2) is 0 Å². The van der Waals surface area contributed by atoms with E-state index in [0.29, 0.717) is 33.5 Å². The Bertz CT molecular complexity index is 1600. The fourth-order valence-corrected chi connectivity index (χ4v) is 3.99. The fraction of sp³-hybridized carbons (Fsp3) is 0.192. The van der Waals surface area contributed by atoms with E-state index in [2.05, 4.69) is 20.2 Å². The summed E-state index contributed by atoms with van der Waals surface area (Å²) in [5.74, 6) is 0.193. The second-order valence-electron chi connectivity index (χ2n) is 7.98. The van der Waals surface area contributed by atoms with Crippen LogP contribution in [0.4, 0.5) is 4.39 Å². The quantitative estimate of drug-likeness (QED) is 0.293. The predicted molar refractivity (Wildman–Crippen MR) is 132 cm³/mol. The van der Waals surface area contributed by atoms with Crippen molar-refractivity contribution in [3.63, 3.8) is 0 Å². The molecule has 0 aliphatic carbocycles. The molecule has 0 amide bonds. The van der Waals surface area contributed by atoms with Crippen molar-refractivity contribution >= 4 is 17.0 Å². The number of carbonyl (C=O) groups excluding carboxylic acids is 1. The van der Waals surface area contributed by atoms with Gasteiger partial charge in [-0.2, -0.15) is 15.2 Å². The van der Waals surface area contributed by atoms with E-state index in [-0.39, 0.29) is 36.4 Å². The van der Waals surface area contributed by atoms with Crippen LogP contribution in [0.15, 0.2) is 61.1 Å². The largest absolute Gasteiger partial charge is 0.496 e. The molecule has 0 fully saturated rings. The Hall–Kier alpha value is -4.80. The smallest absolute Gasteiger partial charge is 0.341 e. The highest BCUT2D eigenvalue weighted by molar-refractivity contribution is 5.88. The molecule has 11 heteroatoms. The third kappa shape index (κ3) is 4.58. The summed E-state index contributed by atoms with van der Waals surface area (Å²) in [4.78, 5) is 20.9. The topological polar surface area (TPSA) is 106 Å². The number of methoxy groups -OCH3 is 2. The average Bonchev–Trinajstić information content (AvgIpc) is 3.56. The van der Waals surface area contributed by atoms with Gasteiger partial charge in [0.1, 0.15) is 22.6 Å². The number of rotatable bonds is 8. The predicted octanol–water partition coefficient (Wildman–Crippen LogP) is 4.06. The summed E-state index contributed by atoms with van der Waals surface area (Å²) < 4.78 is 34.0. The van der Waals surface area contributed by atoms with Crippen molar-refractivity contribution in [2.24, 2.45) is 0 Å². The monoisotopic (exact) mass is 502 g/mol. The van der Waals surface area contributed by atoms with E-state index in [4.69, 9.17) is 14.2 Å². The molecule has 5 aromatic rings. The van der Waals surface area contributed by atoms with E-state index in [1.807, 2.05) is 24.3 Å². The van der Waals surface area contributed by atoms with Crippen molar-refractivity contribution < 1.29 is 23.4 Å². The minimum Gasteiger partial charge on any atom is -0.496 e. The molecule has 0 aliphatic heterocycles. The van der Waals surface area contributed by atoms with Crippen molar-refractivity contribution in [2.75, 3.05) is 20.8 Å². The van der Waals surface area contributed by atoms with Crippen molar-refractivity contribution in [1.29, 1.82) is 0 Å². The molecule has 0 atom stereocenters. The lowest BCUT2D eigenvalue weighted by Gasteiger charge is -2.11. The van der Waals surface area contributed by atoms with Crippen molar-refractivity contribution in [3.05, 3.63) is 78.0 Å². The first-order chi connectivity index (χ1) is 18.0. The third-order valence-corrected chi connectivity index (χ3v) is 5.70. The molecule has 10 nitrogen and oxygen atoms in total. The zero-order chi connectivity index (χ0) is 25.9. The number of hydrogen-bond donors (Lipinski definition) is 0. The number of ether oxygens (including phenoxy) is 3. The molecule has 0 spiro atoms. The standard InChI is InChI=1S/C26H23FN6O4/c1-4-37-25(34)17-12-28-33(15-17)26-30-21-13-29-32(23(21)24(31-26)36-3)14-16-9-10-18(20(27)11-16)19-7-5-6-8-22(19)35-2/h5-13,15H,4,14H2,1-3H3. The van der Waals surface area contributed by atoms with Crippen LogP contribution in [0.1, 0.15) is 22.8 Å². The summed E-state index contributed by atoms with van der Waals surface area (Å²) in [6.07, 6.45) is 4.43. The molecule has 0 radical (unpaired) electrons. The molecule has 0 unspecified atom stereocenters. The molecule has 0 saturated carbocycles. The molecule has 2 aromatic carbocycles. The van der Waals surface area contributed by atoms with Gasteiger partial charge in [-0.25, -0.2) is 18.9 Å². The Balaban J connectivity index is 1.46. The zero-order valence-electron chi connectivity index (χ0n) is 20.4. The van der Waals surface area contributed by atoms with Crippen LogP contribution in [0.3, 0.4) is 0 Å². The summed E-state index contributed by atoms with van der Waals surface area (Å²) in [7, 11) is 3.04. The van der Waals surface area contributed by atoms with Crippen LogP contribution < -0.4 is 9.47 Å². The third-order valence-electron chi connectivity index (χ3n) is 5.70. The molecule has 3 aromatic heterocycles. The number of fused-ring (bicyclic) bond motifs is 1. The molecular formula is C26H23FN6O4. The maximum Gasteiger partial charge on any atom is 0.341 e. The SMILES string of the molecule is CCOC(=O)c1cnn(-c2nc(OC)c3c(cnn3Cc3ccc(-c4ccccc4OC)c(F)c3)n2)c1. The van der Waals surface area contributed by atoms with Gasteiger partial charge in [0.25, 0.3) is 5.95 Å². The number of benzene rings is 2. The molecule has 0 saturated heterocycles. The highest BCUT2D eigenvalue weighted by atomic mass is 19.1. The molecule has 0 bridgehead atoms. The van der Waals surface area contributed by atoms with Gasteiger partial charge >= 0.3 is 5.97 Å². The van der Waals surface area contributed by atoms with Gasteiger partial charge < -0.3 is 14.2 Å². The maximum absolute atomic E-state index is 15.1. The van der Waals surface area contributed by atoms with Crippen LogP contribution in [0.25, 0.3) is 28.1 Å². The van der Waals surface area contributed by atoms with Crippen molar-refractivity contribution in [3.8, 4) is 28.7 Å². The van der Waals surface area contributed by atoms with Crippen LogP contribution in [-0.4, -0.2) is 56.3 Å². The lowest BCUT2D eigenvalue weighted by Crippen LogP contribution is -2.07. The number of esters is 1. The normalized spacial score (nSPS) is 11.0. The Morgan fingerprint density at radius 3 is 2.59 bits per heavy atom. The van der Waals surface area contributed by atoms with E-state index in [1.165, 1.54) is 30.3 Å². The second-order valence-corrected chi connectivity index (χ2v) is 7.98. The average molecular weight is 503 g/mol. The Kier molecular flexibility index (Phi) is 6.50. The molecule has 37 heavy (non-hydrogen) atoms. The molecular weight excluding hydrogens is 479 g/mol. The first-order valence-electron chi connectivity index (χ1n) is 11.4. The lowest BCUT2D eigenvalue weighted by molar-refractivity contribution is 0.0526. The first-order valence-corrected chi connectivity index (χ1v) is 11.4. The summed E-state index contributed by atoms with van der Waals surface area (Å²) in [6.45, 7) is 2.25. The zero-order valence-corrected chi connectivity index (χ0v) is 20.4. The van der Waals surface area contributed by atoms with Crippen molar-refractivity contribution in [2.45, 2.75) is 13.5 Å². The minimum atomic E-state index is -0.487. The summed E-state index contributed by atoms with van der Waals surface area (Å²) in [5.41, 5.74) is 3.13. The summed E-state index contributed by atoms with van der Waals surface area (Å²) in [6, 6.07) is 12.3. The molecule has 0 N–H and O–H groups in total. The molecule has 188 valence electrons. The van der Waals surface area contributed by atoms with Crippen LogP contribution in [0.5, 0.6) is 11.6 Å². The van der Waals surface area contributed by atoms with E-state index < -0.39 is 5.97 Å². The lowest BCUT2D eigenvalue weighted by atomic mass is 10.0. The Morgan fingerprint density at radius 2 is 1.84 bits per heavy atom. The highest BCUT2D eigenvalue weighted by Gasteiger charge is 2.18. The van der Waals surface area contributed by atoms with E-state index in [9.17, 15) is 4.79 Å². The number of hydrogen-bond acceptors (Lipinski definition) is 8. The number of para-hydroxylation sites is 1. The summed E-state index contributed by atoms with van der Waals surface area (Å²) in [5, 5.41) is 8.58. The van der Waals surface area contributed by atoms with Crippen LogP contribution in [0, 0.1) is 5.82 Å². The van der Waals surface area contributed by atoms with Crippen LogP contribution in [-0.2, 0) is 11.3 Å². The van der Waals surface area contributed by atoms with Gasteiger partial charge in [-0.05, 0) is 24.6 Å². The van der Waals surface area contributed by atoms with Gasteiger partial charge in [0, 0.05) is 17.3 Å². The van der Waals surface area contributed by atoms with Gasteiger partial charge in [0.2, 0.25) is 5.88 Å². The molecule has 0 aliphatic rings. The number of halogens is 1. The molecule has 3 heterocycles. The van der Waals surface area contributed by atoms with Gasteiger partial charge in [-0.1, -0.05) is 30.3 Å². The van der Waals surface area contributed by atoms with Gasteiger partial charge in [-0.15, -0.1) is 0 Å². The van der Waals surface area contributed by atoms with Crippen molar-refractivity contribution in [1.82, 2.24) is 29.5 Å². The van der Waals surface area contributed by atoms with E-state index in [1.54, 1.807) is 37.0 Å². The second kappa shape index (κ2) is 10.1.